The Balaban J connectivity index is 2.99. The van der Waals surface area contributed by atoms with Gasteiger partial charge in [0.1, 0.15) is 5.92 Å². The van der Waals surface area contributed by atoms with E-state index in [1.807, 2.05) is 25.1 Å². The van der Waals surface area contributed by atoms with Crippen LogP contribution in [0.4, 0.5) is 0 Å². The molecule has 1 aromatic carbocycles. The second kappa shape index (κ2) is 7.59. The molecule has 6 heteroatoms. The Bertz CT molecular complexity index is 490. The van der Waals surface area contributed by atoms with Crippen LogP contribution in [-0.2, 0) is 9.59 Å². The molecule has 0 fully saturated rings. The van der Waals surface area contributed by atoms with Crippen molar-refractivity contribution in [3.8, 4) is 0 Å². The highest BCUT2D eigenvalue weighted by molar-refractivity contribution is 7.80. The predicted molar refractivity (Wildman–Crippen MR) is 82.3 cm³/mol. The van der Waals surface area contributed by atoms with E-state index in [-0.39, 0.29) is 23.3 Å². The van der Waals surface area contributed by atoms with E-state index >= 15 is 0 Å². The average Bonchev–Trinajstić information content (AvgIpc) is 2.45. The van der Waals surface area contributed by atoms with Crippen molar-refractivity contribution in [3.63, 3.8) is 0 Å². The van der Waals surface area contributed by atoms with Crippen LogP contribution in [0.5, 0.6) is 0 Å². The Morgan fingerprint density at radius 1 is 1.35 bits per heavy atom. The number of amides is 2. The number of benzene rings is 1. The highest BCUT2D eigenvalue weighted by Crippen LogP contribution is 2.19. The number of likely N-dealkylation sites (N-methyl/N-ethyl adjacent to an activating group) is 2. The summed E-state index contributed by atoms with van der Waals surface area (Å²) in [6, 6.07) is 9.10. The Morgan fingerprint density at radius 3 is 2.40 bits per heavy atom. The van der Waals surface area contributed by atoms with E-state index in [2.05, 4.69) is 5.32 Å². The predicted octanol–water partition coefficient (Wildman–Crippen LogP) is 0.651. The van der Waals surface area contributed by atoms with E-state index < -0.39 is 5.92 Å². The number of rotatable bonds is 6. The van der Waals surface area contributed by atoms with Gasteiger partial charge in [0.25, 0.3) is 0 Å². The minimum absolute atomic E-state index is 0.00220. The number of carbonyl (C=O) groups excluding carboxylic acids is 2. The summed E-state index contributed by atoms with van der Waals surface area (Å²) in [6.45, 7) is 2.22. The van der Waals surface area contributed by atoms with Crippen molar-refractivity contribution in [2.24, 2.45) is 5.73 Å². The van der Waals surface area contributed by atoms with Gasteiger partial charge in [0.05, 0.1) is 11.5 Å². The van der Waals surface area contributed by atoms with Crippen molar-refractivity contribution in [2.45, 2.75) is 12.8 Å². The first-order valence-corrected chi connectivity index (χ1v) is 6.75. The van der Waals surface area contributed by atoms with Gasteiger partial charge in [-0.05, 0) is 12.5 Å². The SMILES string of the molecule is CCN(CC(=O)NC)C(=O)C(C(N)=S)c1ccccc1. The third kappa shape index (κ3) is 4.03. The van der Waals surface area contributed by atoms with Crippen LogP contribution in [0.15, 0.2) is 30.3 Å². The lowest BCUT2D eigenvalue weighted by atomic mass is 9.97. The molecule has 0 aromatic heterocycles. The van der Waals surface area contributed by atoms with E-state index in [9.17, 15) is 9.59 Å². The molecular weight excluding hydrogens is 274 g/mol. The first-order valence-electron chi connectivity index (χ1n) is 6.34. The Hall–Kier alpha value is -1.95. The molecule has 108 valence electrons. The molecule has 1 unspecified atom stereocenters. The summed E-state index contributed by atoms with van der Waals surface area (Å²) in [7, 11) is 1.53. The van der Waals surface area contributed by atoms with Crippen molar-refractivity contribution in [1.82, 2.24) is 10.2 Å². The molecule has 1 rings (SSSR count). The molecule has 0 spiro atoms. The Labute approximate surface area is 124 Å². The smallest absolute Gasteiger partial charge is 0.239 e. The average molecular weight is 293 g/mol. The fourth-order valence-electron chi connectivity index (χ4n) is 1.85. The van der Waals surface area contributed by atoms with E-state index in [0.717, 1.165) is 5.56 Å². The molecule has 20 heavy (non-hydrogen) atoms. The summed E-state index contributed by atoms with van der Waals surface area (Å²) in [5, 5.41) is 2.50. The number of hydrogen-bond donors (Lipinski definition) is 2. The molecule has 0 radical (unpaired) electrons. The van der Waals surface area contributed by atoms with Gasteiger partial charge in [-0.25, -0.2) is 0 Å². The van der Waals surface area contributed by atoms with Gasteiger partial charge in [0.15, 0.2) is 0 Å². The summed E-state index contributed by atoms with van der Waals surface area (Å²) in [6.07, 6.45) is 0. The molecule has 5 nitrogen and oxygen atoms in total. The van der Waals surface area contributed by atoms with Gasteiger partial charge in [-0.1, -0.05) is 42.5 Å². The first-order chi connectivity index (χ1) is 9.51. The first kappa shape index (κ1) is 16.1. The fraction of sp³-hybridized carbons (Fsp3) is 0.357. The molecule has 0 saturated carbocycles. The lowest BCUT2D eigenvalue weighted by molar-refractivity contribution is -0.135. The van der Waals surface area contributed by atoms with Crippen molar-refractivity contribution >= 4 is 29.0 Å². The zero-order valence-corrected chi connectivity index (χ0v) is 12.4. The molecule has 1 atom stereocenters. The zero-order valence-electron chi connectivity index (χ0n) is 11.6. The second-order valence-corrected chi connectivity index (χ2v) is 4.74. The number of carbonyl (C=O) groups is 2. The topological polar surface area (TPSA) is 75.4 Å². The molecule has 1 aromatic rings. The Morgan fingerprint density at radius 2 is 1.95 bits per heavy atom. The van der Waals surface area contributed by atoms with Crippen molar-refractivity contribution < 1.29 is 9.59 Å². The lowest BCUT2D eigenvalue weighted by Crippen LogP contribution is -2.44. The molecule has 0 heterocycles. The normalized spacial score (nSPS) is 11.5. The largest absolute Gasteiger partial charge is 0.392 e. The third-order valence-electron chi connectivity index (χ3n) is 2.97. The molecular formula is C14H19N3O2S. The highest BCUT2D eigenvalue weighted by Gasteiger charge is 2.28. The fourth-order valence-corrected chi connectivity index (χ4v) is 2.09. The van der Waals surface area contributed by atoms with E-state index in [4.69, 9.17) is 18.0 Å². The minimum atomic E-state index is -0.698. The molecule has 0 aliphatic heterocycles. The zero-order chi connectivity index (χ0) is 15.1. The van der Waals surface area contributed by atoms with Crippen LogP contribution in [0.2, 0.25) is 0 Å². The Kier molecular flexibility index (Phi) is 6.11. The molecule has 3 N–H and O–H groups in total. The molecule has 0 saturated heterocycles. The molecule has 0 aliphatic carbocycles. The summed E-state index contributed by atoms with van der Waals surface area (Å²) < 4.78 is 0. The number of hydrogen-bond acceptors (Lipinski definition) is 3. The van der Waals surface area contributed by atoms with Crippen LogP contribution < -0.4 is 11.1 Å². The molecule has 0 aliphatic rings. The molecule has 0 bridgehead atoms. The van der Waals surface area contributed by atoms with Crippen LogP contribution in [0.1, 0.15) is 18.4 Å². The van der Waals surface area contributed by atoms with Crippen molar-refractivity contribution in [1.29, 1.82) is 0 Å². The number of nitrogens with two attached hydrogens (primary N) is 1. The lowest BCUT2D eigenvalue weighted by Gasteiger charge is -2.25. The number of nitrogens with one attached hydrogen (secondary N) is 1. The number of thiocarbonyl (C=S) groups is 1. The summed E-state index contributed by atoms with van der Waals surface area (Å²) in [5.41, 5.74) is 6.45. The standard InChI is InChI=1S/C14H19N3O2S/c1-3-17(9-11(18)16-2)14(19)12(13(15)20)10-7-5-4-6-8-10/h4-8,12H,3,9H2,1-2H3,(H2,15,20)(H,16,18). The van der Waals surface area contributed by atoms with Crippen molar-refractivity contribution in [3.05, 3.63) is 35.9 Å². The maximum atomic E-state index is 12.5. The van der Waals surface area contributed by atoms with Gasteiger partial charge < -0.3 is 16.0 Å². The summed E-state index contributed by atoms with van der Waals surface area (Å²) in [4.78, 5) is 25.5. The quantitative estimate of drug-likeness (QED) is 0.755. The summed E-state index contributed by atoms with van der Waals surface area (Å²) in [5.74, 6) is -1.18. The van der Waals surface area contributed by atoms with Gasteiger partial charge in [-0.15, -0.1) is 0 Å². The van der Waals surface area contributed by atoms with Crippen LogP contribution in [0, 0.1) is 0 Å². The third-order valence-corrected chi connectivity index (χ3v) is 3.21. The van der Waals surface area contributed by atoms with Crippen LogP contribution in [0.3, 0.4) is 0 Å². The van der Waals surface area contributed by atoms with Gasteiger partial charge in [-0.2, -0.15) is 0 Å². The van der Waals surface area contributed by atoms with Gasteiger partial charge in [0, 0.05) is 13.6 Å². The maximum Gasteiger partial charge on any atom is 0.239 e. The molecule has 2 amide bonds. The second-order valence-electron chi connectivity index (χ2n) is 4.27. The van der Waals surface area contributed by atoms with Crippen LogP contribution in [0.25, 0.3) is 0 Å². The number of nitrogens with zero attached hydrogens (tertiary/aromatic N) is 1. The van der Waals surface area contributed by atoms with E-state index in [0.29, 0.717) is 6.54 Å². The minimum Gasteiger partial charge on any atom is -0.392 e. The van der Waals surface area contributed by atoms with Gasteiger partial charge >= 0.3 is 0 Å². The van der Waals surface area contributed by atoms with Crippen LogP contribution >= 0.6 is 12.2 Å². The van der Waals surface area contributed by atoms with E-state index in [1.54, 1.807) is 12.1 Å². The summed E-state index contributed by atoms with van der Waals surface area (Å²) >= 11 is 5.01. The van der Waals surface area contributed by atoms with Crippen molar-refractivity contribution in [2.75, 3.05) is 20.1 Å². The highest BCUT2D eigenvalue weighted by atomic mass is 32.1. The van der Waals surface area contributed by atoms with Crippen LogP contribution in [-0.4, -0.2) is 41.8 Å². The maximum absolute atomic E-state index is 12.5. The van der Waals surface area contributed by atoms with Gasteiger partial charge in [0.2, 0.25) is 11.8 Å². The van der Waals surface area contributed by atoms with E-state index in [1.165, 1.54) is 11.9 Å². The van der Waals surface area contributed by atoms with Gasteiger partial charge in [-0.3, -0.25) is 9.59 Å². The monoisotopic (exact) mass is 293 g/mol.